The molecular formula is C19H14ClFN6O3. The second-order valence-corrected chi connectivity index (χ2v) is 6.40. The molecule has 9 nitrogen and oxygen atoms in total. The summed E-state index contributed by atoms with van der Waals surface area (Å²) in [5.41, 5.74) is 0.432. The third-order valence-electron chi connectivity index (χ3n) is 4.09. The van der Waals surface area contributed by atoms with Crippen LogP contribution in [0.1, 0.15) is 16.2 Å². The molecule has 4 rings (SSSR count). The molecule has 0 fully saturated rings. The molecule has 3 heterocycles. The number of carbonyl (C=O) groups is 1. The molecule has 11 heteroatoms. The highest BCUT2D eigenvalue weighted by atomic mass is 35.5. The molecule has 0 saturated heterocycles. The van der Waals surface area contributed by atoms with Gasteiger partial charge < -0.3 is 14.8 Å². The number of amides is 1. The van der Waals surface area contributed by atoms with E-state index in [0.717, 1.165) is 0 Å². The lowest BCUT2D eigenvalue weighted by Crippen LogP contribution is -2.15. The average Bonchev–Trinajstić information content (AvgIpc) is 3.16. The van der Waals surface area contributed by atoms with Gasteiger partial charge in [-0.1, -0.05) is 11.6 Å². The van der Waals surface area contributed by atoms with Crippen LogP contribution in [0.25, 0.3) is 11.0 Å². The summed E-state index contributed by atoms with van der Waals surface area (Å²) < 4.78 is 25.5. The number of fused-ring (bicyclic) bond motifs is 1. The van der Waals surface area contributed by atoms with Crippen LogP contribution in [0.2, 0.25) is 5.02 Å². The lowest BCUT2D eigenvalue weighted by atomic mass is 10.1. The van der Waals surface area contributed by atoms with Crippen LogP contribution in [0, 0.1) is 5.82 Å². The summed E-state index contributed by atoms with van der Waals surface area (Å²) in [5, 5.41) is 9.71. The number of aromatic nitrogens is 5. The maximum absolute atomic E-state index is 14.9. The SMILES string of the molecule is COc1n[nH]c2ncc(NC(=O)c3c(Cl)ccc(OCc4ncccn4)c3F)cc12. The van der Waals surface area contributed by atoms with E-state index in [-0.39, 0.29) is 22.9 Å². The average molecular weight is 429 g/mol. The van der Waals surface area contributed by atoms with Gasteiger partial charge in [0.2, 0.25) is 5.88 Å². The fraction of sp³-hybridized carbons (Fsp3) is 0.105. The minimum absolute atomic E-state index is 0.0664. The van der Waals surface area contributed by atoms with Gasteiger partial charge in [-0.2, -0.15) is 0 Å². The summed E-state index contributed by atoms with van der Waals surface area (Å²) in [5.74, 6) is -1.13. The first-order valence-electron chi connectivity index (χ1n) is 8.63. The monoisotopic (exact) mass is 428 g/mol. The van der Waals surface area contributed by atoms with E-state index in [0.29, 0.717) is 28.4 Å². The molecule has 152 valence electrons. The largest absolute Gasteiger partial charge is 0.483 e. The van der Waals surface area contributed by atoms with Gasteiger partial charge in [0.15, 0.2) is 23.0 Å². The maximum atomic E-state index is 14.9. The Kier molecular flexibility index (Phi) is 5.40. The van der Waals surface area contributed by atoms with Gasteiger partial charge in [0.25, 0.3) is 5.91 Å². The molecule has 0 saturated carbocycles. The number of aromatic amines is 1. The van der Waals surface area contributed by atoms with Gasteiger partial charge in [-0.05, 0) is 24.3 Å². The number of benzene rings is 1. The molecule has 0 spiro atoms. The number of halogens is 2. The van der Waals surface area contributed by atoms with Crippen molar-refractivity contribution >= 4 is 34.2 Å². The molecule has 30 heavy (non-hydrogen) atoms. The molecule has 1 amide bonds. The predicted octanol–water partition coefficient (Wildman–Crippen LogP) is 3.38. The quantitative estimate of drug-likeness (QED) is 0.483. The van der Waals surface area contributed by atoms with Crippen molar-refractivity contribution in [3.8, 4) is 11.6 Å². The van der Waals surface area contributed by atoms with Gasteiger partial charge in [0, 0.05) is 12.4 Å². The predicted molar refractivity (Wildman–Crippen MR) is 106 cm³/mol. The summed E-state index contributed by atoms with van der Waals surface area (Å²) in [7, 11) is 1.46. The van der Waals surface area contributed by atoms with Crippen molar-refractivity contribution in [2.24, 2.45) is 0 Å². The number of carbonyl (C=O) groups excluding carboxylic acids is 1. The van der Waals surface area contributed by atoms with Gasteiger partial charge in [-0.25, -0.2) is 19.3 Å². The van der Waals surface area contributed by atoms with E-state index in [4.69, 9.17) is 21.1 Å². The van der Waals surface area contributed by atoms with Crippen LogP contribution in [-0.4, -0.2) is 38.2 Å². The molecule has 3 aromatic heterocycles. The number of methoxy groups -OCH3 is 1. The van der Waals surface area contributed by atoms with E-state index in [9.17, 15) is 9.18 Å². The molecule has 1 aromatic carbocycles. The van der Waals surface area contributed by atoms with Crippen LogP contribution >= 0.6 is 11.6 Å². The number of rotatable bonds is 6. The molecule has 0 aliphatic rings. The van der Waals surface area contributed by atoms with Crippen molar-refractivity contribution < 1.29 is 18.7 Å². The number of H-pyrrole nitrogens is 1. The number of hydrogen-bond acceptors (Lipinski definition) is 7. The highest BCUT2D eigenvalue weighted by Crippen LogP contribution is 2.29. The molecule has 2 N–H and O–H groups in total. The fourth-order valence-corrected chi connectivity index (χ4v) is 2.93. The van der Waals surface area contributed by atoms with Crippen molar-refractivity contribution in [3.63, 3.8) is 0 Å². The van der Waals surface area contributed by atoms with Gasteiger partial charge in [0.1, 0.15) is 6.61 Å². The number of hydrogen-bond donors (Lipinski definition) is 2. The molecule has 4 aromatic rings. The summed E-state index contributed by atoms with van der Waals surface area (Å²) >= 11 is 6.07. The Balaban J connectivity index is 1.57. The zero-order chi connectivity index (χ0) is 21.1. The van der Waals surface area contributed by atoms with Crippen molar-refractivity contribution in [1.82, 2.24) is 25.1 Å². The topological polar surface area (TPSA) is 115 Å². The first-order valence-corrected chi connectivity index (χ1v) is 9.00. The Hall–Kier alpha value is -3.79. The van der Waals surface area contributed by atoms with Crippen LogP contribution in [-0.2, 0) is 6.61 Å². The van der Waals surface area contributed by atoms with Crippen molar-refractivity contribution in [1.29, 1.82) is 0 Å². The first-order chi connectivity index (χ1) is 14.6. The zero-order valence-corrected chi connectivity index (χ0v) is 16.3. The molecule has 0 bridgehead atoms. The van der Waals surface area contributed by atoms with Crippen LogP contribution < -0.4 is 14.8 Å². The normalized spacial score (nSPS) is 10.8. The molecule has 0 aliphatic heterocycles. The number of nitrogens with zero attached hydrogens (tertiary/aromatic N) is 4. The van der Waals surface area contributed by atoms with Crippen molar-refractivity contribution in [3.05, 3.63) is 65.1 Å². The van der Waals surface area contributed by atoms with E-state index in [1.807, 2.05) is 0 Å². The molecule has 0 radical (unpaired) electrons. The second kappa shape index (κ2) is 8.29. The lowest BCUT2D eigenvalue weighted by Gasteiger charge is -2.12. The van der Waals surface area contributed by atoms with E-state index >= 15 is 0 Å². The van der Waals surface area contributed by atoms with Gasteiger partial charge in [-0.3, -0.25) is 9.89 Å². The van der Waals surface area contributed by atoms with Crippen LogP contribution in [0.15, 0.2) is 42.9 Å². The van der Waals surface area contributed by atoms with E-state index in [1.54, 1.807) is 24.5 Å². The van der Waals surface area contributed by atoms with Gasteiger partial charge >= 0.3 is 0 Å². The number of pyridine rings is 1. The van der Waals surface area contributed by atoms with Crippen LogP contribution in [0.3, 0.4) is 0 Å². The Morgan fingerprint density at radius 2 is 2.07 bits per heavy atom. The maximum Gasteiger partial charge on any atom is 0.260 e. The van der Waals surface area contributed by atoms with Crippen LogP contribution in [0.5, 0.6) is 11.6 Å². The van der Waals surface area contributed by atoms with Crippen molar-refractivity contribution in [2.45, 2.75) is 6.61 Å². The minimum atomic E-state index is -0.897. The highest BCUT2D eigenvalue weighted by Gasteiger charge is 2.21. The second-order valence-electron chi connectivity index (χ2n) is 6.00. The Morgan fingerprint density at radius 1 is 1.27 bits per heavy atom. The third kappa shape index (κ3) is 3.85. The van der Waals surface area contributed by atoms with Gasteiger partial charge in [-0.15, -0.1) is 5.10 Å². The summed E-state index contributed by atoms with van der Waals surface area (Å²) in [6, 6.07) is 5.96. The molecule has 0 aliphatic carbocycles. The highest BCUT2D eigenvalue weighted by molar-refractivity contribution is 6.34. The first kappa shape index (κ1) is 19.5. The standard InChI is InChI=1S/C19H14ClFN6O3/c1-29-19-11-7-10(8-24-17(11)26-27-19)25-18(28)15-12(20)3-4-13(16(15)21)30-9-14-22-5-2-6-23-14/h2-8H,9H2,1H3,(H,25,28)(H,24,26,27). The molecule has 0 atom stereocenters. The summed E-state index contributed by atoms with van der Waals surface area (Å²) in [6.07, 6.45) is 4.49. The fourth-order valence-electron chi connectivity index (χ4n) is 2.70. The smallest absolute Gasteiger partial charge is 0.260 e. The summed E-state index contributed by atoms with van der Waals surface area (Å²) in [4.78, 5) is 24.9. The van der Waals surface area contributed by atoms with E-state index in [1.165, 1.54) is 25.4 Å². The van der Waals surface area contributed by atoms with E-state index in [2.05, 4.69) is 30.5 Å². The summed E-state index contributed by atoms with van der Waals surface area (Å²) in [6.45, 7) is -0.0681. The van der Waals surface area contributed by atoms with Crippen LogP contribution in [0.4, 0.5) is 10.1 Å². The number of anilines is 1. The third-order valence-corrected chi connectivity index (χ3v) is 4.41. The Bertz CT molecular complexity index is 1220. The molecule has 0 unspecified atom stereocenters. The van der Waals surface area contributed by atoms with Gasteiger partial charge in [0.05, 0.1) is 35.0 Å². The Morgan fingerprint density at radius 3 is 2.83 bits per heavy atom. The van der Waals surface area contributed by atoms with Crippen molar-refractivity contribution in [2.75, 3.05) is 12.4 Å². The van der Waals surface area contributed by atoms with E-state index < -0.39 is 11.7 Å². The lowest BCUT2D eigenvalue weighted by molar-refractivity contribution is 0.102. The molecular weight excluding hydrogens is 415 g/mol. The Labute approximate surface area is 174 Å². The number of nitrogens with one attached hydrogen (secondary N) is 2. The minimum Gasteiger partial charge on any atom is -0.483 e. The zero-order valence-electron chi connectivity index (χ0n) is 15.5. The number of ether oxygens (including phenoxy) is 2.